The van der Waals surface area contributed by atoms with Gasteiger partial charge in [-0.2, -0.15) is 0 Å². The molecule has 0 heterocycles. The summed E-state index contributed by atoms with van der Waals surface area (Å²) in [6.45, 7) is 1.93. The number of sulfonamides is 2. The fraction of sp³-hybridized carbons (Fsp3) is 0.317. The van der Waals surface area contributed by atoms with Crippen LogP contribution in [0, 0.1) is 0 Å². The van der Waals surface area contributed by atoms with Crippen molar-refractivity contribution >= 4 is 117 Å². The van der Waals surface area contributed by atoms with Gasteiger partial charge in [-0.05, 0) is 77.7 Å². The van der Waals surface area contributed by atoms with Crippen molar-refractivity contribution < 1.29 is 114 Å². The maximum absolute atomic E-state index is 11.0. The number of esters is 2. The number of nitrogens with one attached hydrogen (secondary N) is 2. The second-order valence-corrected chi connectivity index (χ2v) is 21.5. The van der Waals surface area contributed by atoms with Crippen LogP contribution >= 0.6 is 32.0 Å². The second-order valence-electron chi connectivity index (χ2n) is 12.5. The van der Waals surface area contributed by atoms with E-state index in [0.717, 1.165) is 37.0 Å². The predicted octanol–water partition coefficient (Wildman–Crippen LogP) is 1.64. The van der Waals surface area contributed by atoms with E-state index in [1.807, 2.05) is 12.1 Å². The molecule has 0 aliphatic heterocycles. The molecule has 71 heavy (non-hydrogen) atoms. The number of nitrogen functional groups attached to an aromatic ring is 2. The minimum atomic E-state index is -3.32. The van der Waals surface area contributed by atoms with Gasteiger partial charge in [0.25, 0.3) is 0 Å². The van der Waals surface area contributed by atoms with Crippen molar-refractivity contribution in [2.75, 3.05) is 67.6 Å². The van der Waals surface area contributed by atoms with Gasteiger partial charge in [0.2, 0.25) is 38.3 Å². The number of benzene rings is 4. The number of hydrogen-bond acceptors (Lipinski definition) is 18. The van der Waals surface area contributed by atoms with Gasteiger partial charge >= 0.3 is 53.4 Å². The van der Waals surface area contributed by atoms with Crippen molar-refractivity contribution in [3.8, 4) is 0 Å². The number of aliphatic hydroxyl groups excluding tert-OH is 2. The van der Waals surface area contributed by atoms with E-state index in [0.29, 0.717) is 33.9 Å². The molecule has 0 amide bonds. The number of nitrogens with two attached hydrogens (primary N) is 2. The fourth-order valence-corrected chi connectivity index (χ4v) is 5.26. The first kappa shape index (κ1) is 80.8. The Hall–Kier alpha value is -4.29. The van der Waals surface area contributed by atoms with Crippen LogP contribution in [-0.2, 0) is 92.7 Å². The van der Waals surface area contributed by atoms with Crippen LogP contribution in [0.4, 0.5) is 22.7 Å². The number of anilines is 4. The molecule has 0 bridgehead atoms. The molecule has 4 aromatic carbocycles. The second kappa shape index (κ2) is 45.6. The Kier molecular flexibility index (Phi) is 51.8. The molecule has 0 saturated heterocycles. The van der Waals surface area contributed by atoms with Gasteiger partial charge in [0.15, 0.2) is 0 Å². The van der Waals surface area contributed by atoms with Gasteiger partial charge in [-0.1, -0.05) is 56.0 Å². The molecule has 22 nitrogen and oxygen atoms in total. The molecule has 0 saturated carbocycles. The van der Waals surface area contributed by atoms with Gasteiger partial charge in [0, 0.05) is 68.5 Å². The van der Waals surface area contributed by atoms with E-state index in [1.165, 1.54) is 20.3 Å². The average molecular weight is 1160 g/mol. The summed E-state index contributed by atoms with van der Waals surface area (Å²) in [4.78, 5) is 42.5. The Morgan fingerprint density at radius 2 is 0.831 bits per heavy atom. The third-order valence-electron chi connectivity index (χ3n) is 6.23. The Morgan fingerprint density at radius 1 is 0.606 bits per heavy atom. The van der Waals surface area contributed by atoms with Crippen LogP contribution in [0.15, 0.2) is 97.1 Å². The molecule has 0 spiro atoms. The van der Waals surface area contributed by atoms with E-state index in [9.17, 15) is 44.4 Å². The summed E-state index contributed by atoms with van der Waals surface area (Å²) in [5.74, 6) is -2.40. The Balaban J connectivity index is -0.000000140. The smallest absolute Gasteiger partial charge is 0.870 e. The van der Waals surface area contributed by atoms with Gasteiger partial charge in [0.05, 0.1) is 58.7 Å². The van der Waals surface area contributed by atoms with E-state index >= 15 is 0 Å². The zero-order valence-corrected chi connectivity index (χ0v) is 46.8. The summed E-state index contributed by atoms with van der Waals surface area (Å²) in [5.41, 5.74) is 15.9. The van der Waals surface area contributed by atoms with Crippen LogP contribution in [0.25, 0.3) is 0 Å². The molecule has 4 rings (SSSR count). The maximum atomic E-state index is 11.0. The van der Waals surface area contributed by atoms with E-state index in [1.54, 1.807) is 85.8 Å². The molecule has 0 fully saturated rings. The molecule has 0 aliphatic carbocycles. The first-order valence-electron chi connectivity index (χ1n) is 18.4. The number of carboxylic acid groups (broad SMARTS) is 2. The van der Waals surface area contributed by atoms with Crippen LogP contribution in [0.3, 0.4) is 0 Å². The van der Waals surface area contributed by atoms with Crippen molar-refractivity contribution in [1.29, 1.82) is 0 Å². The minimum Gasteiger partial charge on any atom is -0.870 e. The maximum Gasteiger partial charge on any atom is 1.00 e. The number of carbonyl (C=O) groups excluding carboxylic acids is 2. The summed E-state index contributed by atoms with van der Waals surface area (Å²) in [5, 5.41) is 31.5. The molecule has 0 atom stereocenters. The summed E-state index contributed by atoms with van der Waals surface area (Å²) in [6.07, 6.45) is 3.34. The zero-order chi connectivity index (χ0) is 53.7. The molecule has 11 N–H and O–H groups in total. The monoisotopic (exact) mass is 1150 g/mol. The SMILES string of the molecule is C.CCO.CO.COC(=O)Cc1cccc(N)c1.COC(=O)Cc1cccc(NS(C)(=O)=O)c1.CS(=O)(=O)Cl.CS(=O)(=O)Nc1cccc(CC(=O)O)c1.Nc1cccc(CC(=O)O)c1.O=S(Cl)Cl.[Na+].[OH-]. The number of aliphatic hydroxyl groups is 2. The van der Waals surface area contributed by atoms with Crippen LogP contribution in [0.1, 0.15) is 36.6 Å². The Morgan fingerprint density at radius 3 is 1.06 bits per heavy atom. The number of aliphatic carboxylic acids is 2. The molecule has 0 aliphatic rings. The molecule has 30 heteroatoms. The van der Waals surface area contributed by atoms with Gasteiger partial charge in [-0.15, -0.1) is 0 Å². The minimum absolute atomic E-state index is 0. The normalized spacial score (nSPS) is 9.48. The van der Waals surface area contributed by atoms with Crippen molar-refractivity contribution in [2.45, 2.75) is 40.0 Å². The fourth-order valence-electron chi connectivity index (χ4n) is 4.15. The summed E-state index contributed by atoms with van der Waals surface area (Å²) in [7, 11) is 5.73. The standard InChI is InChI=1S/C10H13NO4S.C9H11NO4S.C9H11NO2.C8H9NO2.C2H6O.CH3ClO2S.CH4O.CH4.Cl2OS.Na.H2O/c1-15-10(12)7-8-4-3-5-9(6-8)11-16(2,13)14;1-15(13,14)10-8-4-2-3-7(5-8)6-9(11)12;1-12-9(11)6-7-3-2-4-8(10)5-7;9-7-3-1-2-6(4-7)5-8(10)11;1-2-3;1-5(2,3)4;1-2;;1-4(2)3;;/h3-6,11H,7H2,1-2H3;2-5,10H,6H2,1H3,(H,11,12);2-5H,6,10H2,1H3;1-4H,5,9H2,(H,10,11);3H,2H2,1H3;1H3;2H,1H3;1H4;;;1H2/q;;;;;;;;;+1;/p-1. The molecule has 4 aromatic rings. The van der Waals surface area contributed by atoms with Gasteiger partial charge in [-0.25, -0.2) is 29.5 Å². The number of methoxy groups -OCH3 is 2. The number of carboxylic acids is 2. The van der Waals surface area contributed by atoms with Crippen LogP contribution in [-0.4, -0.2) is 126 Å². The van der Waals surface area contributed by atoms with Gasteiger partial charge in [0.1, 0.15) is 0 Å². The molecular formula is C41H62Cl3N4NaO18S4. The molecule has 0 aromatic heterocycles. The van der Waals surface area contributed by atoms with Crippen LogP contribution in [0.2, 0.25) is 0 Å². The number of halogens is 3. The van der Waals surface area contributed by atoms with E-state index in [4.69, 9.17) is 36.1 Å². The summed E-state index contributed by atoms with van der Waals surface area (Å²) < 4.78 is 85.3. The van der Waals surface area contributed by atoms with E-state index in [-0.39, 0.29) is 86.7 Å². The zero-order valence-electron chi connectivity index (χ0n) is 39.2. The quantitative estimate of drug-likeness (QED) is 0.0432. The molecule has 0 radical (unpaired) electrons. The van der Waals surface area contributed by atoms with Crippen molar-refractivity contribution in [1.82, 2.24) is 0 Å². The largest absolute Gasteiger partial charge is 1.00 e. The van der Waals surface area contributed by atoms with Crippen molar-refractivity contribution in [2.24, 2.45) is 0 Å². The number of ether oxygens (including phenoxy) is 2. The number of rotatable bonds is 12. The van der Waals surface area contributed by atoms with Crippen LogP contribution in [0.5, 0.6) is 0 Å². The Labute approximate surface area is 454 Å². The number of carbonyl (C=O) groups is 4. The van der Waals surface area contributed by atoms with Crippen LogP contribution < -0.4 is 50.5 Å². The molecule has 400 valence electrons. The Bertz CT molecular complexity index is 2480. The van der Waals surface area contributed by atoms with Gasteiger partial charge < -0.3 is 46.8 Å². The third kappa shape index (κ3) is 61.8. The van der Waals surface area contributed by atoms with E-state index in [2.05, 4.69) is 51.0 Å². The van der Waals surface area contributed by atoms with E-state index < -0.39 is 50.3 Å². The van der Waals surface area contributed by atoms with Gasteiger partial charge in [-0.3, -0.25) is 28.6 Å². The number of hydrogen-bond donors (Lipinski definition) is 8. The first-order valence-corrected chi connectivity index (χ1v) is 27.7. The first-order chi connectivity index (χ1) is 31.3. The third-order valence-corrected chi connectivity index (χ3v) is 7.44. The topological polar surface area (TPSA) is 393 Å². The summed E-state index contributed by atoms with van der Waals surface area (Å²) in [6, 6.07) is 27.0. The average Bonchev–Trinajstić information content (AvgIpc) is 3.17. The molecule has 0 unspecified atom stereocenters. The molecular weight excluding hydrogens is 1090 g/mol. The summed E-state index contributed by atoms with van der Waals surface area (Å²) >= 11 is 0. The van der Waals surface area contributed by atoms with Crippen molar-refractivity contribution in [3.05, 3.63) is 119 Å². The predicted molar refractivity (Wildman–Crippen MR) is 276 cm³/mol. The van der Waals surface area contributed by atoms with Crippen molar-refractivity contribution in [3.63, 3.8) is 0 Å².